The molecule has 0 radical (unpaired) electrons. The van der Waals surface area contributed by atoms with Crippen LogP contribution in [0.15, 0.2) is 30.3 Å². The van der Waals surface area contributed by atoms with Crippen LogP contribution in [-0.2, 0) is 26.9 Å². The Morgan fingerprint density at radius 2 is 1.35 bits per heavy atom. The number of hydrogen-bond donors (Lipinski definition) is 0. The highest BCUT2D eigenvalue weighted by atomic mass is 32.3. The van der Waals surface area contributed by atoms with Gasteiger partial charge in [0.05, 0.1) is 0 Å². The minimum atomic E-state index is -6.25. The molecule has 1 aromatic carbocycles. The number of hydrogen-bond acceptors (Lipinski definition) is 4. The molecule has 1 aromatic rings. The molecule has 0 amide bonds. The van der Waals surface area contributed by atoms with Gasteiger partial charge in [-0.1, -0.05) is 30.3 Å². The maximum absolute atomic E-state index is 13.6. The van der Waals surface area contributed by atoms with Gasteiger partial charge in [-0.15, -0.1) is 7.77 Å². The van der Waals surface area contributed by atoms with Crippen LogP contribution in [-0.4, -0.2) is 21.2 Å². The van der Waals surface area contributed by atoms with Crippen LogP contribution in [0.1, 0.15) is 5.56 Å². The highest BCUT2D eigenvalue weighted by Gasteiger charge is 2.58. The Labute approximate surface area is 96.5 Å². The zero-order valence-electron chi connectivity index (χ0n) is 8.18. The molecule has 0 aliphatic heterocycles. The van der Waals surface area contributed by atoms with E-state index < -0.39 is 31.2 Å². The summed E-state index contributed by atoms with van der Waals surface area (Å²) in [5.41, 5.74) is -0.169. The predicted octanol–water partition coefficient (Wildman–Crippen LogP) is 1.45. The largest absolute Gasteiger partial charge is 0.370 e. The molecular formula is C8H7F3O4S2. The van der Waals surface area contributed by atoms with Crippen LogP contribution in [0.25, 0.3) is 0 Å². The van der Waals surface area contributed by atoms with Crippen molar-refractivity contribution < 1.29 is 29.0 Å². The number of benzene rings is 1. The third kappa shape index (κ3) is 2.78. The van der Waals surface area contributed by atoms with Gasteiger partial charge >= 0.3 is 24.8 Å². The Morgan fingerprint density at radius 3 is 1.71 bits per heavy atom. The molecule has 96 valence electrons. The van der Waals surface area contributed by atoms with Crippen LogP contribution in [0.4, 0.5) is 12.2 Å². The van der Waals surface area contributed by atoms with Gasteiger partial charge in [-0.2, -0.15) is 16.8 Å². The molecule has 0 atom stereocenters. The van der Waals surface area contributed by atoms with Crippen LogP contribution in [0, 0.1) is 0 Å². The summed E-state index contributed by atoms with van der Waals surface area (Å²) in [6.45, 7) is 0. The normalized spacial score (nSPS) is 13.6. The molecule has 0 spiro atoms. The standard InChI is InChI=1S/C8H7F3O4S2/c9-8(16(10,12)13,17(11,14)15)6-7-4-2-1-3-5-7/h1-5H,6H2. The van der Waals surface area contributed by atoms with Gasteiger partial charge < -0.3 is 0 Å². The zero-order valence-corrected chi connectivity index (χ0v) is 9.81. The zero-order chi connectivity index (χ0) is 13.3. The summed E-state index contributed by atoms with van der Waals surface area (Å²) in [4.78, 5) is 0. The maximum atomic E-state index is 13.6. The Kier molecular flexibility index (Phi) is 3.53. The van der Waals surface area contributed by atoms with Crippen molar-refractivity contribution in [1.82, 2.24) is 0 Å². The minimum absolute atomic E-state index is 0.169. The predicted molar refractivity (Wildman–Crippen MR) is 54.0 cm³/mol. The molecule has 0 saturated carbocycles. The van der Waals surface area contributed by atoms with Crippen molar-refractivity contribution in [2.75, 3.05) is 0 Å². The van der Waals surface area contributed by atoms with Crippen LogP contribution < -0.4 is 0 Å². The first-order valence-corrected chi connectivity index (χ1v) is 6.96. The lowest BCUT2D eigenvalue weighted by Crippen LogP contribution is -2.39. The van der Waals surface area contributed by atoms with E-state index in [2.05, 4.69) is 0 Å². The van der Waals surface area contributed by atoms with E-state index in [-0.39, 0.29) is 5.56 Å². The Hall–Kier alpha value is -1.09. The van der Waals surface area contributed by atoms with Crippen molar-refractivity contribution in [1.29, 1.82) is 0 Å². The average Bonchev–Trinajstić information content (AvgIpc) is 2.15. The van der Waals surface area contributed by atoms with E-state index in [0.717, 1.165) is 12.1 Å². The molecule has 9 heteroatoms. The summed E-state index contributed by atoms with van der Waals surface area (Å²) in [6.07, 6.45) is -1.45. The van der Waals surface area contributed by atoms with E-state index in [0.29, 0.717) is 0 Å². The Bertz CT molecular complexity index is 563. The first-order valence-electron chi connectivity index (χ1n) is 4.19. The summed E-state index contributed by atoms with van der Waals surface area (Å²) in [5, 5.41) is 0. The summed E-state index contributed by atoms with van der Waals surface area (Å²) in [7, 11) is -12.5. The SMILES string of the molecule is O=S(=O)(F)C(F)(Cc1ccccc1)S(=O)(=O)F. The third-order valence-corrected chi connectivity index (χ3v) is 4.93. The van der Waals surface area contributed by atoms with Crippen LogP contribution >= 0.6 is 0 Å². The first-order chi connectivity index (χ1) is 7.58. The van der Waals surface area contributed by atoms with Gasteiger partial charge in [0, 0.05) is 6.42 Å². The van der Waals surface area contributed by atoms with Crippen molar-refractivity contribution in [2.24, 2.45) is 0 Å². The van der Waals surface area contributed by atoms with Gasteiger partial charge in [0.1, 0.15) is 0 Å². The van der Waals surface area contributed by atoms with Gasteiger partial charge in [-0.3, -0.25) is 0 Å². The molecule has 4 nitrogen and oxygen atoms in total. The fourth-order valence-corrected chi connectivity index (χ4v) is 2.76. The highest BCUT2D eigenvalue weighted by Crippen LogP contribution is 2.33. The molecular weight excluding hydrogens is 281 g/mol. The van der Waals surface area contributed by atoms with Crippen molar-refractivity contribution in [3.05, 3.63) is 35.9 Å². The van der Waals surface area contributed by atoms with E-state index in [1.165, 1.54) is 18.2 Å². The molecule has 0 aliphatic carbocycles. The van der Waals surface area contributed by atoms with Crippen molar-refractivity contribution >= 4 is 20.4 Å². The van der Waals surface area contributed by atoms with E-state index in [1.807, 2.05) is 0 Å². The van der Waals surface area contributed by atoms with Crippen LogP contribution in [0.2, 0.25) is 0 Å². The molecule has 0 fully saturated rings. The van der Waals surface area contributed by atoms with Gasteiger partial charge in [-0.05, 0) is 5.56 Å². The monoisotopic (exact) mass is 288 g/mol. The van der Waals surface area contributed by atoms with Crippen LogP contribution in [0.5, 0.6) is 0 Å². The second kappa shape index (κ2) is 4.30. The second-order valence-electron chi connectivity index (χ2n) is 3.20. The molecule has 0 bridgehead atoms. The second-order valence-corrected chi connectivity index (χ2v) is 6.50. The number of alkyl halides is 1. The Balaban J connectivity index is 3.30. The number of rotatable bonds is 4. The Morgan fingerprint density at radius 1 is 0.941 bits per heavy atom. The molecule has 0 unspecified atom stereocenters. The maximum Gasteiger partial charge on any atom is 0.370 e. The van der Waals surface area contributed by atoms with E-state index >= 15 is 0 Å². The van der Waals surface area contributed by atoms with Crippen molar-refractivity contribution in [3.8, 4) is 0 Å². The highest BCUT2D eigenvalue weighted by molar-refractivity contribution is 8.05. The average molecular weight is 288 g/mol. The van der Waals surface area contributed by atoms with E-state index in [1.54, 1.807) is 0 Å². The van der Waals surface area contributed by atoms with Gasteiger partial charge in [0.2, 0.25) is 0 Å². The molecule has 1 rings (SSSR count). The van der Waals surface area contributed by atoms with Gasteiger partial charge in [0.25, 0.3) is 0 Å². The fourth-order valence-electron chi connectivity index (χ4n) is 1.13. The van der Waals surface area contributed by atoms with E-state index in [9.17, 15) is 29.0 Å². The summed E-state index contributed by atoms with van der Waals surface area (Å²) >= 11 is 0. The lowest BCUT2D eigenvalue weighted by atomic mass is 10.2. The fraction of sp³-hybridized carbons (Fsp3) is 0.250. The number of halogens is 3. The van der Waals surface area contributed by atoms with Gasteiger partial charge in [-0.25, -0.2) is 4.39 Å². The molecule has 0 saturated heterocycles. The first kappa shape index (κ1) is 14.0. The smallest absolute Gasteiger partial charge is 0.202 e. The lowest BCUT2D eigenvalue weighted by molar-refractivity contribution is 0.328. The summed E-state index contributed by atoms with van der Waals surface area (Å²) in [5.74, 6) is 0. The quantitative estimate of drug-likeness (QED) is 0.786. The third-order valence-electron chi connectivity index (χ3n) is 1.99. The topological polar surface area (TPSA) is 68.3 Å². The molecule has 0 N–H and O–H groups in total. The van der Waals surface area contributed by atoms with Crippen molar-refractivity contribution in [2.45, 2.75) is 10.8 Å². The summed E-state index contributed by atoms with van der Waals surface area (Å²) in [6, 6.07) is 6.45. The molecule has 0 heterocycles. The lowest BCUT2D eigenvalue weighted by Gasteiger charge is -2.16. The molecule has 0 aromatic heterocycles. The van der Waals surface area contributed by atoms with E-state index in [4.69, 9.17) is 0 Å². The molecule has 17 heavy (non-hydrogen) atoms. The summed E-state index contributed by atoms with van der Waals surface area (Å²) < 4.78 is 75.9. The minimum Gasteiger partial charge on any atom is -0.202 e. The van der Waals surface area contributed by atoms with Gasteiger partial charge in [0.15, 0.2) is 0 Å². The van der Waals surface area contributed by atoms with Crippen molar-refractivity contribution in [3.63, 3.8) is 0 Å². The molecule has 0 aliphatic rings. The van der Waals surface area contributed by atoms with Crippen LogP contribution in [0.3, 0.4) is 0 Å².